The Bertz CT molecular complexity index is 1780. The number of nitrogens with zero attached hydrogens (tertiary/aromatic N) is 7. The summed E-state index contributed by atoms with van der Waals surface area (Å²) in [6, 6.07) is 7.79. The topological polar surface area (TPSA) is 135 Å². The van der Waals surface area contributed by atoms with E-state index in [-0.39, 0.29) is 23.2 Å². The molecule has 2 amide bonds. The molecule has 2 aromatic heterocycles. The number of carboxylic acid groups (broad SMARTS) is 1. The lowest BCUT2D eigenvalue weighted by atomic mass is 9.72. The summed E-state index contributed by atoms with van der Waals surface area (Å²) < 4.78 is 20.7. The molecule has 2 aliphatic rings. The van der Waals surface area contributed by atoms with Gasteiger partial charge in [-0.2, -0.15) is 5.10 Å². The van der Waals surface area contributed by atoms with E-state index in [1.54, 1.807) is 11.9 Å². The van der Waals surface area contributed by atoms with Crippen molar-refractivity contribution >= 4 is 26.3 Å². The Hall–Kier alpha value is -4.17. The third-order valence-corrected chi connectivity index (χ3v) is 15.4. The Morgan fingerprint density at radius 1 is 1.06 bits per heavy atom. The highest BCUT2D eigenvalue weighted by atomic mass is 28.4. The van der Waals surface area contributed by atoms with Crippen LogP contribution in [-0.2, 0) is 16.2 Å². The van der Waals surface area contributed by atoms with Crippen LogP contribution in [0.4, 0.5) is 15.4 Å². The number of likely N-dealkylation sites (tertiary alicyclic amines) is 1. The Morgan fingerprint density at radius 2 is 1.72 bits per heavy atom. The Kier molecular flexibility index (Phi) is 11.3. The Balaban J connectivity index is 1.41. The number of benzene rings is 1. The van der Waals surface area contributed by atoms with Crippen molar-refractivity contribution in [3.63, 3.8) is 0 Å². The van der Waals surface area contributed by atoms with Gasteiger partial charge < -0.3 is 33.7 Å². The van der Waals surface area contributed by atoms with Crippen molar-refractivity contribution in [2.45, 2.75) is 98.1 Å². The minimum atomic E-state index is -2.22. The fraction of sp³-hybridized carbons (Fsp3) is 0.615. The van der Waals surface area contributed by atoms with Gasteiger partial charge in [-0.05, 0) is 83.3 Å². The molecule has 1 spiro atoms. The van der Waals surface area contributed by atoms with Crippen LogP contribution < -0.4 is 9.64 Å². The highest BCUT2D eigenvalue weighted by Crippen LogP contribution is 2.44. The number of ether oxygens (including phenoxy) is 2. The van der Waals surface area contributed by atoms with Crippen molar-refractivity contribution in [1.29, 1.82) is 0 Å². The molecule has 1 unspecified atom stereocenters. The van der Waals surface area contributed by atoms with E-state index in [1.807, 2.05) is 69.9 Å². The van der Waals surface area contributed by atoms with Gasteiger partial charge in [0.05, 0.1) is 30.2 Å². The van der Waals surface area contributed by atoms with Crippen molar-refractivity contribution in [1.82, 2.24) is 29.5 Å². The highest BCUT2D eigenvalue weighted by molar-refractivity contribution is 6.74. The molecule has 2 fully saturated rings. The molecule has 0 radical (unpaired) electrons. The molecule has 3 aromatic rings. The van der Waals surface area contributed by atoms with Crippen LogP contribution in [0.25, 0.3) is 22.8 Å². The van der Waals surface area contributed by atoms with E-state index in [4.69, 9.17) is 23.9 Å². The van der Waals surface area contributed by atoms with Crippen LogP contribution >= 0.6 is 0 Å². The van der Waals surface area contributed by atoms with E-state index in [2.05, 4.69) is 50.8 Å². The molecule has 0 saturated carbocycles. The van der Waals surface area contributed by atoms with Gasteiger partial charge in [-0.25, -0.2) is 19.6 Å². The summed E-state index contributed by atoms with van der Waals surface area (Å²) in [4.78, 5) is 40.1. The molecule has 13 nitrogen and oxygen atoms in total. The van der Waals surface area contributed by atoms with E-state index in [9.17, 15) is 14.7 Å². The lowest BCUT2D eigenvalue weighted by Gasteiger charge is -2.54. The monoisotopic (exact) mass is 749 g/mol. The van der Waals surface area contributed by atoms with Gasteiger partial charge in [-0.15, -0.1) is 0 Å². The number of aryl methyl sites for hydroxylation is 2. The van der Waals surface area contributed by atoms with Crippen LogP contribution in [0.2, 0.25) is 18.1 Å². The second kappa shape index (κ2) is 14.9. The number of likely N-dealkylation sites (N-methyl/N-ethyl adjacent to an activating group) is 1. The maximum Gasteiger partial charge on any atom is 0.410 e. The molecule has 14 heteroatoms. The molecule has 0 bridgehead atoms. The number of carbonyl (C=O) groups excluding carboxylic acids is 1. The summed E-state index contributed by atoms with van der Waals surface area (Å²) in [5.74, 6) is 2.09. The number of amides is 2. The maximum absolute atomic E-state index is 12.9. The molecule has 2 aliphatic heterocycles. The van der Waals surface area contributed by atoms with Crippen LogP contribution in [0, 0.1) is 19.3 Å². The SMILES string of the molecule is Cc1cnn(C)c1-c1nc(-c2cccc(OCC(CN(C)C(=O)OC(C)(C)C)O[Si](C)(C)C(C)(C)C)c2)nc(N2CC3(CCN(C(=O)O)CC3)C2)c1C. The minimum absolute atomic E-state index is 0.0357. The average molecular weight is 750 g/mol. The molecule has 1 aromatic carbocycles. The van der Waals surface area contributed by atoms with Crippen LogP contribution in [0.15, 0.2) is 30.5 Å². The van der Waals surface area contributed by atoms with Gasteiger partial charge in [0.15, 0.2) is 14.1 Å². The summed E-state index contributed by atoms with van der Waals surface area (Å²) in [5.41, 5.74) is 4.04. The average Bonchev–Trinajstić information content (AvgIpc) is 3.38. The van der Waals surface area contributed by atoms with Gasteiger partial charge in [0.25, 0.3) is 0 Å². The van der Waals surface area contributed by atoms with Gasteiger partial charge in [-0.1, -0.05) is 32.9 Å². The van der Waals surface area contributed by atoms with Crippen LogP contribution in [0.3, 0.4) is 0 Å². The van der Waals surface area contributed by atoms with Crippen molar-refractivity contribution < 1.29 is 28.6 Å². The number of rotatable bonds is 10. The number of carbonyl (C=O) groups is 2. The third-order valence-electron chi connectivity index (χ3n) is 10.9. The van der Waals surface area contributed by atoms with Crippen LogP contribution in [0.1, 0.15) is 65.5 Å². The minimum Gasteiger partial charge on any atom is -0.491 e. The zero-order valence-corrected chi connectivity index (χ0v) is 34.7. The molecular weight excluding hydrogens is 691 g/mol. The lowest BCUT2D eigenvalue weighted by Crippen LogP contribution is -2.61. The predicted molar refractivity (Wildman–Crippen MR) is 209 cm³/mol. The molecule has 53 heavy (non-hydrogen) atoms. The number of aromatic nitrogens is 4. The predicted octanol–water partition coefficient (Wildman–Crippen LogP) is 7.38. The fourth-order valence-electron chi connectivity index (χ4n) is 6.81. The number of hydrogen-bond acceptors (Lipinski definition) is 9. The summed E-state index contributed by atoms with van der Waals surface area (Å²) in [6.45, 7) is 23.9. The Labute approximate surface area is 315 Å². The van der Waals surface area contributed by atoms with Gasteiger partial charge in [0.1, 0.15) is 23.8 Å². The van der Waals surface area contributed by atoms with Crippen molar-refractivity contribution in [3.05, 3.63) is 41.6 Å². The van der Waals surface area contributed by atoms with Gasteiger partial charge in [0.2, 0.25) is 0 Å². The summed E-state index contributed by atoms with van der Waals surface area (Å²) in [6.07, 6.45) is 1.89. The first-order valence-corrected chi connectivity index (χ1v) is 21.4. The van der Waals surface area contributed by atoms with Crippen molar-refractivity contribution in [2.24, 2.45) is 12.5 Å². The molecule has 1 atom stereocenters. The van der Waals surface area contributed by atoms with E-state index in [1.165, 1.54) is 4.90 Å². The number of anilines is 1. The molecule has 5 rings (SSSR count). The van der Waals surface area contributed by atoms with Crippen LogP contribution in [0.5, 0.6) is 5.75 Å². The van der Waals surface area contributed by atoms with E-state index in [0.717, 1.165) is 59.8 Å². The Morgan fingerprint density at radius 3 is 2.28 bits per heavy atom. The molecular formula is C39H59N7O6Si. The summed E-state index contributed by atoms with van der Waals surface area (Å²) in [5, 5.41) is 13.9. The summed E-state index contributed by atoms with van der Waals surface area (Å²) in [7, 11) is 1.43. The first kappa shape index (κ1) is 40.0. The van der Waals surface area contributed by atoms with Gasteiger partial charge in [0, 0.05) is 56.8 Å². The van der Waals surface area contributed by atoms with Gasteiger partial charge >= 0.3 is 12.2 Å². The van der Waals surface area contributed by atoms with Gasteiger partial charge in [-0.3, -0.25) is 4.68 Å². The largest absolute Gasteiger partial charge is 0.491 e. The van der Waals surface area contributed by atoms with Crippen LogP contribution in [-0.4, -0.2) is 113 Å². The van der Waals surface area contributed by atoms with E-state index in [0.29, 0.717) is 31.2 Å². The zero-order valence-electron chi connectivity index (χ0n) is 33.7. The quantitative estimate of drug-likeness (QED) is 0.209. The normalized spacial score (nSPS) is 16.7. The first-order chi connectivity index (χ1) is 24.6. The maximum atomic E-state index is 12.9. The van der Waals surface area contributed by atoms with E-state index < -0.39 is 26.1 Å². The second-order valence-electron chi connectivity index (χ2n) is 17.5. The number of hydrogen-bond donors (Lipinski definition) is 1. The second-order valence-corrected chi connectivity index (χ2v) is 22.2. The molecule has 2 saturated heterocycles. The molecule has 1 N–H and O–H groups in total. The zero-order chi connectivity index (χ0) is 39.1. The third kappa shape index (κ3) is 9.14. The summed E-state index contributed by atoms with van der Waals surface area (Å²) >= 11 is 0. The first-order valence-electron chi connectivity index (χ1n) is 18.5. The lowest BCUT2D eigenvalue weighted by molar-refractivity contribution is 0.0172. The standard InChI is InChI=1S/C39H59N7O6Si/c1-26-21-40-44(10)32(26)31-27(2)34(46-24-39(25-46)16-18-45(19-17-39)35(47)48)42-33(41-31)28-14-13-15-29(20-28)50-23-30(52-53(11,12)38(6,7)8)22-43(9)36(49)51-37(3,4)5/h13-15,20-21,30H,16-19,22-25H2,1-12H3,(H,47,48). The molecule has 290 valence electrons. The highest BCUT2D eigenvalue weighted by Gasteiger charge is 2.47. The van der Waals surface area contributed by atoms with E-state index >= 15 is 0 Å². The van der Waals surface area contributed by atoms with Crippen molar-refractivity contribution in [3.8, 4) is 28.5 Å². The smallest absolute Gasteiger partial charge is 0.410 e. The molecule has 4 heterocycles. The fourth-order valence-corrected chi connectivity index (χ4v) is 8.14. The van der Waals surface area contributed by atoms with Crippen molar-refractivity contribution in [2.75, 3.05) is 51.3 Å². The number of piperidine rings is 1. The molecule has 0 aliphatic carbocycles.